The van der Waals surface area contributed by atoms with E-state index >= 15 is 0 Å². The van der Waals surface area contributed by atoms with Gasteiger partial charge < -0.3 is 5.11 Å². The van der Waals surface area contributed by atoms with Crippen LogP contribution < -0.4 is 0 Å². The topological polar surface area (TPSA) is 92.0 Å². The normalized spacial score (nSPS) is 11.6. The second-order valence-electron chi connectivity index (χ2n) is 2.53. The fraction of sp³-hybridized carbons (Fsp3) is 0. The van der Waals surface area contributed by atoms with Crippen LogP contribution in [0.1, 0.15) is 10.4 Å². The van der Waals surface area contributed by atoms with Gasteiger partial charge in [-0.05, 0) is 12.1 Å². The maximum atomic E-state index is 10.2. The number of aromatic carboxylic acids is 1. The molecule has 0 aliphatic carbocycles. The molecule has 0 bridgehead atoms. The van der Waals surface area contributed by atoms with Crippen molar-refractivity contribution in [2.24, 2.45) is 9.98 Å². The first-order valence-electron chi connectivity index (χ1n) is 4.19. The van der Waals surface area contributed by atoms with Crippen molar-refractivity contribution < 1.29 is 14.7 Å². The zero-order valence-corrected chi connectivity index (χ0v) is 8.07. The first-order valence-corrected chi connectivity index (χ1v) is 4.19. The highest BCUT2D eigenvalue weighted by Crippen LogP contribution is 1.93. The summed E-state index contributed by atoms with van der Waals surface area (Å²) < 4.78 is 0. The second-order valence-corrected chi connectivity index (χ2v) is 2.53. The van der Waals surface area contributed by atoms with Crippen molar-refractivity contribution in [1.82, 2.24) is 4.98 Å². The molecule has 0 unspecified atom stereocenters. The number of carbonyl (C=O) groups excluding carboxylic acids is 1. The Hall–Kier alpha value is -2.59. The standard InChI is InChI=1S/C6H5NO2.C4H2N2O/c8-6(9)5-2-1-3-7-4-5;7-3-4-5-1-2-6-4/h1-4H,(H,8,9);1-2H. The Morgan fingerprint density at radius 3 is 2.31 bits per heavy atom. The van der Waals surface area contributed by atoms with E-state index < -0.39 is 5.97 Å². The number of hydrogen-bond acceptors (Lipinski definition) is 5. The molecule has 16 heavy (non-hydrogen) atoms. The molecule has 0 atom stereocenters. The SMILES string of the molecule is O=C(O)c1cccnc1.O=C=C1N=CC=N1. The number of carboxylic acid groups (broad SMARTS) is 1. The highest BCUT2D eigenvalue weighted by molar-refractivity contribution is 6.18. The van der Waals surface area contributed by atoms with E-state index in [1.54, 1.807) is 6.07 Å². The molecule has 80 valence electrons. The van der Waals surface area contributed by atoms with Crippen LogP contribution >= 0.6 is 0 Å². The Kier molecular flexibility index (Phi) is 4.31. The molecule has 0 saturated carbocycles. The zero-order chi connectivity index (χ0) is 11.8. The van der Waals surface area contributed by atoms with Crippen LogP contribution in [0.2, 0.25) is 0 Å². The van der Waals surface area contributed by atoms with Gasteiger partial charge in [-0.15, -0.1) is 0 Å². The number of nitrogens with zero attached hydrogens (tertiary/aromatic N) is 3. The molecule has 1 aromatic rings. The Labute approximate surface area is 90.7 Å². The van der Waals surface area contributed by atoms with Crippen LogP contribution in [0.4, 0.5) is 0 Å². The van der Waals surface area contributed by atoms with E-state index in [2.05, 4.69) is 15.0 Å². The molecule has 6 nitrogen and oxygen atoms in total. The van der Waals surface area contributed by atoms with Gasteiger partial charge in [0.1, 0.15) is 0 Å². The summed E-state index contributed by atoms with van der Waals surface area (Å²) in [6, 6.07) is 3.08. The van der Waals surface area contributed by atoms with Gasteiger partial charge in [-0.1, -0.05) is 0 Å². The summed E-state index contributed by atoms with van der Waals surface area (Å²) in [5.41, 5.74) is 0.220. The molecule has 0 aromatic carbocycles. The van der Waals surface area contributed by atoms with Crippen LogP contribution in [0.15, 0.2) is 40.3 Å². The zero-order valence-electron chi connectivity index (χ0n) is 8.07. The Morgan fingerprint density at radius 1 is 1.31 bits per heavy atom. The van der Waals surface area contributed by atoms with Crippen LogP contribution in [-0.2, 0) is 4.79 Å². The molecule has 2 rings (SSSR count). The lowest BCUT2D eigenvalue weighted by molar-refractivity contribution is 0.0696. The average Bonchev–Trinajstić information content (AvgIpc) is 2.84. The van der Waals surface area contributed by atoms with Crippen LogP contribution in [0, 0.1) is 0 Å². The fourth-order valence-corrected chi connectivity index (χ4v) is 0.783. The molecule has 1 aliphatic rings. The van der Waals surface area contributed by atoms with Crippen molar-refractivity contribution in [3.63, 3.8) is 0 Å². The summed E-state index contributed by atoms with van der Waals surface area (Å²) in [7, 11) is 0. The third-order valence-corrected chi connectivity index (χ3v) is 1.46. The molecular weight excluding hydrogens is 210 g/mol. The minimum absolute atomic E-state index is 0.125. The second kappa shape index (κ2) is 6.00. The number of aromatic nitrogens is 1. The number of pyridine rings is 1. The maximum absolute atomic E-state index is 10.2. The Bertz CT molecular complexity index is 459. The number of carboxylic acids is 1. The van der Waals surface area contributed by atoms with Gasteiger partial charge in [-0.2, -0.15) is 0 Å². The van der Waals surface area contributed by atoms with Gasteiger partial charge in [0.25, 0.3) is 0 Å². The number of aliphatic imine (C=N–C) groups is 2. The van der Waals surface area contributed by atoms with Crippen molar-refractivity contribution in [2.45, 2.75) is 0 Å². The van der Waals surface area contributed by atoms with Gasteiger partial charge in [0.2, 0.25) is 5.82 Å². The lowest BCUT2D eigenvalue weighted by Crippen LogP contribution is -1.94. The average molecular weight is 217 g/mol. The van der Waals surface area contributed by atoms with Crippen LogP contribution in [-0.4, -0.2) is 34.4 Å². The van der Waals surface area contributed by atoms with Crippen molar-refractivity contribution >= 4 is 24.3 Å². The van der Waals surface area contributed by atoms with Crippen LogP contribution in [0.25, 0.3) is 0 Å². The van der Waals surface area contributed by atoms with E-state index in [0.29, 0.717) is 0 Å². The van der Waals surface area contributed by atoms with Gasteiger partial charge in [0, 0.05) is 24.8 Å². The molecule has 1 aromatic heterocycles. The van der Waals surface area contributed by atoms with Crippen LogP contribution in [0.5, 0.6) is 0 Å². The molecule has 6 heteroatoms. The first-order chi connectivity index (χ1) is 7.74. The van der Waals surface area contributed by atoms with E-state index in [0.717, 1.165) is 0 Å². The summed E-state index contributed by atoms with van der Waals surface area (Å²) in [6.45, 7) is 0. The molecule has 1 aliphatic heterocycles. The summed E-state index contributed by atoms with van der Waals surface area (Å²) >= 11 is 0. The highest BCUT2D eigenvalue weighted by atomic mass is 16.4. The smallest absolute Gasteiger partial charge is 0.337 e. The fourth-order valence-electron chi connectivity index (χ4n) is 0.783. The lowest BCUT2D eigenvalue weighted by atomic mass is 10.3. The Balaban J connectivity index is 0.000000165. The number of carbonyl (C=O) groups is 1. The summed E-state index contributed by atoms with van der Waals surface area (Å²) in [4.78, 5) is 30.4. The van der Waals surface area contributed by atoms with Crippen molar-refractivity contribution in [1.29, 1.82) is 0 Å². The van der Waals surface area contributed by atoms with Crippen molar-refractivity contribution in [3.8, 4) is 0 Å². The minimum atomic E-state index is -0.942. The highest BCUT2D eigenvalue weighted by Gasteiger charge is 1.97. The third-order valence-electron chi connectivity index (χ3n) is 1.46. The van der Waals surface area contributed by atoms with E-state index in [1.165, 1.54) is 36.8 Å². The predicted octanol–water partition coefficient (Wildman–Crippen LogP) is 0.594. The van der Waals surface area contributed by atoms with E-state index in [1.807, 2.05) is 0 Å². The summed E-state index contributed by atoms with van der Waals surface area (Å²) in [5, 5.41) is 8.34. The van der Waals surface area contributed by atoms with Crippen molar-refractivity contribution in [2.75, 3.05) is 0 Å². The van der Waals surface area contributed by atoms with E-state index in [9.17, 15) is 9.59 Å². The van der Waals surface area contributed by atoms with Crippen LogP contribution in [0.3, 0.4) is 0 Å². The molecule has 0 saturated heterocycles. The Morgan fingerprint density at radius 2 is 2.00 bits per heavy atom. The van der Waals surface area contributed by atoms with E-state index in [-0.39, 0.29) is 11.4 Å². The maximum Gasteiger partial charge on any atom is 0.337 e. The number of rotatable bonds is 1. The van der Waals surface area contributed by atoms with Crippen molar-refractivity contribution in [3.05, 3.63) is 35.9 Å². The third kappa shape index (κ3) is 3.65. The molecule has 0 spiro atoms. The van der Waals surface area contributed by atoms with Gasteiger partial charge in [-0.25, -0.2) is 19.6 Å². The molecule has 0 radical (unpaired) electrons. The lowest BCUT2D eigenvalue weighted by Gasteiger charge is -1.87. The molecular formula is C10H7N3O3. The molecule has 2 heterocycles. The molecule has 0 fully saturated rings. The summed E-state index contributed by atoms with van der Waals surface area (Å²) in [5.74, 6) is 0.718. The van der Waals surface area contributed by atoms with E-state index in [4.69, 9.17) is 5.11 Å². The van der Waals surface area contributed by atoms with Gasteiger partial charge in [0.05, 0.1) is 5.56 Å². The van der Waals surface area contributed by atoms with Gasteiger partial charge in [-0.3, -0.25) is 4.98 Å². The van der Waals surface area contributed by atoms with Gasteiger partial charge in [0.15, 0.2) is 5.94 Å². The number of hydrogen-bond donors (Lipinski definition) is 1. The predicted molar refractivity (Wildman–Crippen MR) is 57.4 cm³/mol. The minimum Gasteiger partial charge on any atom is -0.478 e. The quantitative estimate of drug-likeness (QED) is 0.697. The summed E-state index contributed by atoms with van der Waals surface area (Å²) in [6.07, 6.45) is 5.73. The van der Waals surface area contributed by atoms with Gasteiger partial charge >= 0.3 is 5.97 Å². The molecule has 1 N–H and O–H groups in total. The molecule has 0 amide bonds. The monoisotopic (exact) mass is 217 g/mol. The first kappa shape index (κ1) is 11.5. The largest absolute Gasteiger partial charge is 0.478 e.